The molecule has 1 heterocycles. The van der Waals surface area contributed by atoms with Gasteiger partial charge in [-0.05, 0) is 25.3 Å². The number of nitrogens with one attached hydrogen (secondary N) is 1. The van der Waals surface area contributed by atoms with Gasteiger partial charge in [-0.1, -0.05) is 47.0 Å². The van der Waals surface area contributed by atoms with Crippen LogP contribution in [0.4, 0.5) is 0 Å². The van der Waals surface area contributed by atoms with Gasteiger partial charge in [0.15, 0.2) is 0 Å². The van der Waals surface area contributed by atoms with Crippen LogP contribution in [0.3, 0.4) is 0 Å². The molecule has 1 rings (SSSR count). The molecule has 2 nitrogen and oxygen atoms in total. The van der Waals surface area contributed by atoms with Gasteiger partial charge in [0.2, 0.25) is 0 Å². The average molecular weight is 240 g/mol. The van der Waals surface area contributed by atoms with Crippen LogP contribution in [-0.2, 0) is 0 Å². The van der Waals surface area contributed by atoms with Crippen LogP contribution in [0.5, 0.6) is 0 Å². The number of hydrogen-bond donors (Lipinski definition) is 1. The first-order chi connectivity index (χ1) is 7.95. The monoisotopic (exact) mass is 240 g/mol. The zero-order valence-electron chi connectivity index (χ0n) is 12.6. The fraction of sp³-hybridized carbons (Fsp3) is 1.00. The van der Waals surface area contributed by atoms with Gasteiger partial charge in [0.25, 0.3) is 0 Å². The summed E-state index contributed by atoms with van der Waals surface area (Å²) in [6, 6.07) is 1.35. The highest BCUT2D eigenvalue weighted by Gasteiger charge is 2.33. The summed E-state index contributed by atoms with van der Waals surface area (Å²) in [5.74, 6) is 0. The van der Waals surface area contributed by atoms with Crippen molar-refractivity contribution in [3.63, 3.8) is 0 Å². The lowest BCUT2D eigenvalue weighted by atomic mass is 9.84. The molecule has 0 amide bonds. The van der Waals surface area contributed by atoms with E-state index >= 15 is 0 Å². The molecule has 1 aliphatic heterocycles. The highest BCUT2D eigenvalue weighted by atomic mass is 15.2. The summed E-state index contributed by atoms with van der Waals surface area (Å²) in [6.07, 6.45) is 5.49. The fourth-order valence-electron chi connectivity index (χ4n) is 2.83. The van der Waals surface area contributed by atoms with Gasteiger partial charge in [0, 0.05) is 25.2 Å². The lowest BCUT2D eigenvalue weighted by Gasteiger charge is -2.46. The van der Waals surface area contributed by atoms with Crippen LogP contribution in [0.2, 0.25) is 0 Å². The summed E-state index contributed by atoms with van der Waals surface area (Å²) < 4.78 is 0. The minimum absolute atomic E-state index is 0.387. The summed E-state index contributed by atoms with van der Waals surface area (Å²) >= 11 is 0. The molecule has 0 aromatic carbocycles. The Morgan fingerprint density at radius 1 is 1.18 bits per heavy atom. The predicted octanol–water partition coefficient (Wildman–Crippen LogP) is 3.28. The molecule has 0 aromatic rings. The first-order valence-corrected chi connectivity index (χ1v) is 7.42. The molecule has 1 aliphatic rings. The van der Waals surface area contributed by atoms with Crippen molar-refractivity contribution in [3.05, 3.63) is 0 Å². The van der Waals surface area contributed by atoms with Gasteiger partial charge in [-0.15, -0.1) is 0 Å². The normalized spacial score (nSPS) is 27.4. The Morgan fingerprint density at radius 3 is 2.47 bits per heavy atom. The second kappa shape index (κ2) is 6.75. The smallest absolute Gasteiger partial charge is 0.0269 e. The number of rotatable bonds is 5. The zero-order valence-corrected chi connectivity index (χ0v) is 12.6. The van der Waals surface area contributed by atoms with Crippen molar-refractivity contribution in [3.8, 4) is 0 Å². The molecule has 0 aromatic heterocycles. The Bertz CT molecular complexity index is 207. The molecule has 0 spiro atoms. The van der Waals surface area contributed by atoms with E-state index in [4.69, 9.17) is 0 Å². The van der Waals surface area contributed by atoms with Crippen molar-refractivity contribution >= 4 is 0 Å². The van der Waals surface area contributed by atoms with E-state index in [0.717, 1.165) is 6.54 Å². The SMILES string of the molecule is CCCCCCN1CC(C)NCC1C(C)(C)C. The van der Waals surface area contributed by atoms with E-state index in [9.17, 15) is 0 Å². The largest absolute Gasteiger partial charge is 0.311 e. The lowest BCUT2D eigenvalue weighted by Crippen LogP contribution is -2.59. The van der Waals surface area contributed by atoms with Crippen molar-refractivity contribution in [1.82, 2.24) is 10.2 Å². The van der Waals surface area contributed by atoms with Crippen molar-refractivity contribution in [2.24, 2.45) is 5.41 Å². The maximum Gasteiger partial charge on any atom is 0.0269 e. The highest BCUT2D eigenvalue weighted by molar-refractivity contribution is 4.91. The van der Waals surface area contributed by atoms with Gasteiger partial charge in [-0.2, -0.15) is 0 Å². The van der Waals surface area contributed by atoms with E-state index in [1.165, 1.54) is 38.8 Å². The zero-order chi connectivity index (χ0) is 12.9. The maximum atomic E-state index is 3.63. The predicted molar refractivity (Wildman–Crippen MR) is 76.4 cm³/mol. The summed E-state index contributed by atoms with van der Waals surface area (Å²) in [7, 11) is 0. The van der Waals surface area contributed by atoms with Gasteiger partial charge in [0.1, 0.15) is 0 Å². The number of nitrogens with zero attached hydrogens (tertiary/aromatic N) is 1. The first-order valence-electron chi connectivity index (χ1n) is 7.42. The molecular formula is C15H32N2. The second-order valence-electron chi connectivity index (χ2n) is 6.75. The lowest BCUT2D eigenvalue weighted by molar-refractivity contribution is 0.0576. The van der Waals surface area contributed by atoms with Crippen LogP contribution in [-0.4, -0.2) is 36.6 Å². The van der Waals surface area contributed by atoms with Crippen LogP contribution in [0.25, 0.3) is 0 Å². The molecule has 2 unspecified atom stereocenters. The van der Waals surface area contributed by atoms with Gasteiger partial charge >= 0.3 is 0 Å². The Balaban J connectivity index is 2.44. The molecule has 1 N–H and O–H groups in total. The van der Waals surface area contributed by atoms with Crippen LogP contribution in [0, 0.1) is 5.41 Å². The standard InChI is InChI=1S/C15H32N2/c1-6-7-8-9-10-17-12-13(2)16-11-14(17)15(3,4)5/h13-14,16H,6-12H2,1-5H3. The minimum Gasteiger partial charge on any atom is -0.311 e. The third-order valence-corrected chi connectivity index (χ3v) is 3.91. The molecule has 0 aliphatic carbocycles. The molecule has 0 bridgehead atoms. The van der Waals surface area contributed by atoms with Crippen molar-refractivity contribution in [2.75, 3.05) is 19.6 Å². The Kier molecular flexibility index (Phi) is 5.94. The van der Waals surface area contributed by atoms with Crippen LogP contribution < -0.4 is 5.32 Å². The Morgan fingerprint density at radius 2 is 1.88 bits per heavy atom. The van der Waals surface area contributed by atoms with E-state index < -0.39 is 0 Å². The number of hydrogen-bond acceptors (Lipinski definition) is 2. The summed E-state index contributed by atoms with van der Waals surface area (Å²) in [5, 5.41) is 3.63. The molecule has 0 saturated carbocycles. The minimum atomic E-state index is 0.387. The maximum absolute atomic E-state index is 3.63. The van der Waals surface area contributed by atoms with Gasteiger partial charge in [-0.25, -0.2) is 0 Å². The van der Waals surface area contributed by atoms with Crippen LogP contribution >= 0.6 is 0 Å². The van der Waals surface area contributed by atoms with Crippen LogP contribution in [0.15, 0.2) is 0 Å². The first kappa shape index (κ1) is 15.0. The molecule has 0 radical (unpaired) electrons. The fourth-order valence-corrected chi connectivity index (χ4v) is 2.83. The summed E-state index contributed by atoms with van der Waals surface area (Å²) in [5.41, 5.74) is 0.387. The molecule has 2 atom stereocenters. The summed E-state index contributed by atoms with van der Waals surface area (Å²) in [4.78, 5) is 2.72. The molecular weight excluding hydrogens is 208 g/mol. The number of piperazine rings is 1. The second-order valence-corrected chi connectivity index (χ2v) is 6.75. The van der Waals surface area contributed by atoms with E-state index in [2.05, 4.69) is 44.8 Å². The Hall–Kier alpha value is -0.0800. The van der Waals surface area contributed by atoms with Crippen molar-refractivity contribution in [1.29, 1.82) is 0 Å². The molecule has 17 heavy (non-hydrogen) atoms. The van der Waals surface area contributed by atoms with Gasteiger partial charge < -0.3 is 5.32 Å². The number of unbranched alkanes of at least 4 members (excludes halogenated alkanes) is 3. The van der Waals surface area contributed by atoms with E-state index in [1.54, 1.807) is 0 Å². The van der Waals surface area contributed by atoms with Crippen molar-refractivity contribution in [2.45, 2.75) is 72.4 Å². The quantitative estimate of drug-likeness (QED) is 0.742. The highest BCUT2D eigenvalue weighted by Crippen LogP contribution is 2.26. The van der Waals surface area contributed by atoms with Crippen molar-refractivity contribution < 1.29 is 0 Å². The van der Waals surface area contributed by atoms with Crippen LogP contribution in [0.1, 0.15) is 60.3 Å². The van der Waals surface area contributed by atoms with E-state index in [-0.39, 0.29) is 0 Å². The topological polar surface area (TPSA) is 15.3 Å². The third kappa shape index (κ3) is 4.97. The average Bonchev–Trinajstić information content (AvgIpc) is 2.23. The third-order valence-electron chi connectivity index (χ3n) is 3.91. The molecule has 1 fully saturated rings. The van der Waals surface area contributed by atoms with E-state index in [0.29, 0.717) is 17.5 Å². The molecule has 2 heteroatoms. The van der Waals surface area contributed by atoms with Gasteiger partial charge in [-0.3, -0.25) is 4.90 Å². The van der Waals surface area contributed by atoms with E-state index in [1.807, 2.05) is 0 Å². The van der Waals surface area contributed by atoms with Gasteiger partial charge in [0.05, 0.1) is 0 Å². The molecule has 102 valence electrons. The summed E-state index contributed by atoms with van der Waals surface area (Å²) in [6.45, 7) is 15.3. The Labute approximate surface area is 108 Å². The molecule has 1 saturated heterocycles.